The quantitative estimate of drug-likeness (QED) is 0.667. The average Bonchev–Trinajstić information content (AvgIpc) is 1.87. The highest BCUT2D eigenvalue weighted by Gasteiger charge is 2.30. The first-order valence-electron chi connectivity index (χ1n) is 4.70. The van der Waals surface area contributed by atoms with E-state index < -0.39 is 0 Å². The lowest BCUT2D eigenvalue weighted by Crippen LogP contribution is -2.41. The van der Waals surface area contributed by atoms with Gasteiger partial charge in [-0.05, 0) is 24.7 Å². The minimum atomic E-state index is 0.308. The molecule has 0 heterocycles. The zero-order valence-electron chi connectivity index (χ0n) is 8.65. The monoisotopic (exact) mass is 157 g/mol. The Labute approximate surface area is 71.4 Å². The van der Waals surface area contributed by atoms with Gasteiger partial charge in [-0.15, -0.1) is 0 Å². The van der Waals surface area contributed by atoms with Crippen LogP contribution in [0.1, 0.15) is 47.5 Å². The normalized spacial score (nSPS) is 19.9. The van der Waals surface area contributed by atoms with Gasteiger partial charge in [0.05, 0.1) is 0 Å². The molecule has 0 amide bonds. The minimum Gasteiger partial charge on any atom is -0.327 e. The van der Waals surface area contributed by atoms with Gasteiger partial charge in [0.2, 0.25) is 0 Å². The molecule has 2 unspecified atom stereocenters. The number of hydrogen-bond donors (Lipinski definition) is 1. The van der Waals surface area contributed by atoms with Crippen LogP contribution in [0.2, 0.25) is 0 Å². The molecule has 2 N–H and O–H groups in total. The number of rotatable bonds is 4. The molecule has 0 aromatic carbocycles. The third kappa shape index (κ3) is 2.48. The Bertz CT molecular complexity index is 97.4. The summed E-state index contributed by atoms with van der Waals surface area (Å²) < 4.78 is 0. The van der Waals surface area contributed by atoms with E-state index in [-0.39, 0.29) is 0 Å². The van der Waals surface area contributed by atoms with Gasteiger partial charge in [0.25, 0.3) is 0 Å². The van der Waals surface area contributed by atoms with E-state index in [9.17, 15) is 0 Å². The molecule has 0 aliphatic heterocycles. The van der Waals surface area contributed by atoms with E-state index >= 15 is 0 Å². The second-order valence-electron chi connectivity index (χ2n) is 4.20. The van der Waals surface area contributed by atoms with Crippen molar-refractivity contribution < 1.29 is 0 Å². The molecule has 0 spiro atoms. The molecule has 2 atom stereocenters. The molecule has 0 bridgehead atoms. The Hall–Kier alpha value is -0.0400. The molecule has 1 nitrogen and oxygen atoms in total. The van der Waals surface area contributed by atoms with Gasteiger partial charge in [0, 0.05) is 6.04 Å². The Kier molecular flexibility index (Phi) is 4.09. The van der Waals surface area contributed by atoms with Crippen molar-refractivity contribution in [2.45, 2.75) is 53.5 Å². The van der Waals surface area contributed by atoms with Gasteiger partial charge in [-0.25, -0.2) is 0 Å². The van der Waals surface area contributed by atoms with Crippen molar-refractivity contribution in [2.24, 2.45) is 17.1 Å². The fourth-order valence-corrected chi connectivity index (χ4v) is 1.58. The van der Waals surface area contributed by atoms with E-state index in [4.69, 9.17) is 5.73 Å². The second kappa shape index (κ2) is 4.10. The maximum Gasteiger partial charge on any atom is 0.00668 e. The molecule has 0 radical (unpaired) electrons. The van der Waals surface area contributed by atoms with E-state index in [1.54, 1.807) is 0 Å². The Morgan fingerprint density at radius 2 is 1.73 bits per heavy atom. The SMILES string of the molecule is CCCC(C)(C(C)C)C(C)N. The Morgan fingerprint density at radius 3 is 1.82 bits per heavy atom. The first-order chi connectivity index (χ1) is 4.95. The van der Waals surface area contributed by atoms with Crippen molar-refractivity contribution in [1.82, 2.24) is 0 Å². The highest BCUT2D eigenvalue weighted by Crippen LogP contribution is 2.34. The van der Waals surface area contributed by atoms with E-state index in [1.807, 2.05) is 0 Å². The third-order valence-corrected chi connectivity index (χ3v) is 3.15. The van der Waals surface area contributed by atoms with Crippen LogP contribution in [0.25, 0.3) is 0 Å². The van der Waals surface area contributed by atoms with Crippen LogP contribution in [-0.2, 0) is 0 Å². The molecule has 0 aliphatic rings. The molecule has 0 aromatic rings. The predicted molar refractivity (Wildman–Crippen MR) is 51.5 cm³/mol. The van der Waals surface area contributed by atoms with Crippen LogP contribution < -0.4 is 5.73 Å². The summed E-state index contributed by atoms with van der Waals surface area (Å²) in [7, 11) is 0. The van der Waals surface area contributed by atoms with Crippen molar-refractivity contribution in [1.29, 1.82) is 0 Å². The van der Waals surface area contributed by atoms with Crippen molar-refractivity contribution >= 4 is 0 Å². The van der Waals surface area contributed by atoms with Crippen molar-refractivity contribution in [3.05, 3.63) is 0 Å². The van der Waals surface area contributed by atoms with E-state index in [2.05, 4.69) is 34.6 Å². The second-order valence-corrected chi connectivity index (χ2v) is 4.20. The fraction of sp³-hybridized carbons (Fsp3) is 1.00. The summed E-state index contributed by atoms with van der Waals surface area (Å²) >= 11 is 0. The highest BCUT2D eigenvalue weighted by atomic mass is 14.7. The summed E-state index contributed by atoms with van der Waals surface area (Å²) in [5.41, 5.74) is 6.29. The molecule has 0 saturated carbocycles. The van der Waals surface area contributed by atoms with Gasteiger partial charge in [0.1, 0.15) is 0 Å². The zero-order valence-corrected chi connectivity index (χ0v) is 8.65. The van der Waals surface area contributed by atoms with Crippen LogP contribution in [0.5, 0.6) is 0 Å². The van der Waals surface area contributed by atoms with Gasteiger partial charge in [-0.2, -0.15) is 0 Å². The van der Waals surface area contributed by atoms with Gasteiger partial charge < -0.3 is 5.73 Å². The summed E-state index contributed by atoms with van der Waals surface area (Å²) in [6.45, 7) is 11.2. The summed E-state index contributed by atoms with van der Waals surface area (Å²) in [6, 6.07) is 0.308. The molecule has 0 rings (SSSR count). The summed E-state index contributed by atoms with van der Waals surface area (Å²) in [6.07, 6.45) is 2.47. The molecule has 0 aliphatic carbocycles. The lowest BCUT2D eigenvalue weighted by atomic mass is 9.71. The van der Waals surface area contributed by atoms with Gasteiger partial charge in [-0.1, -0.05) is 34.1 Å². The van der Waals surface area contributed by atoms with Crippen molar-refractivity contribution in [3.63, 3.8) is 0 Å². The molecule has 0 aromatic heterocycles. The van der Waals surface area contributed by atoms with Crippen LogP contribution in [-0.4, -0.2) is 6.04 Å². The van der Waals surface area contributed by atoms with Gasteiger partial charge >= 0.3 is 0 Å². The fourth-order valence-electron chi connectivity index (χ4n) is 1.58. The van der Waals surface area contributed by atoms with Crippen LogP contribution in [0.3, 0.4) is 0 Å². The van der Waals surface area contributed by atoms with Crippen LogP contribution in [0.15, 0.2) is 0 Å². The first-order valence-corrected chi connectivity index (χ1v) is 4.70. The maximum atomic E-state index is 5.96. The zero-order chi connectivity index (χ0) is 9.07. The van der Waals surface area contributed by atoms with E-state index in [0.717, 1.165) is 0 Å². The molecule has 0 fully saturated rings. The average molecular weight is 157 g/mol. The summed E-state index contributed by atoms with van der Waals surface area (Å²) in [5.74, 6) is 0.683. The van der Waals surface area contributed by atoms with Crippen molar-refractivity contribution in [3.8, 4) is 0 Å². The lowest BCUT2D eigenvalue weighted by Gasteiger charge is -2.37. The van der Waals surface area contributed by atoms with E-state index in [1.165, 1.54) is 12.8 Å². The Balaban J connectivity index is 4.26. The number of nitrogens with two attached hydrogens (primary N) is 1. The first kappa shape index (κ1) is 11.0. The summed E-state index contributed by atoms with van der Waals surface area (Å²) in [4.78, 5) is 0. The standard InChI is InChI=1S/C10H23N/c1-6-7-10(5,8(2)3)9(4)11/h8-9H,6-7,11H2,1-5H3. The predicted octanol–water partition coefficient (Wildman–Crippen LogP) is 2.80. The van der Waals surface area contributed by atoms with Gasteiger partial charge in [-0.3, -0.25) is 0 Å². The Morgan fingerprint density at radius 1 is 1.27 bits per heavy atom. The van der Waals surface area contributed by atoms with Crippen LogP contribution >= 0.6 is 0 Å². The molecule has 11 heavy (non-hydrogen) atoms. The molecule has 1 heteroatoms. The molecular formula is C10H23N. The number of hydrogen-bond acceptors (Lipinski definition) is 1. The summed E-state index contributed by atoms with van der Waals surface area (Å²) in [5, 5.41) is 0. The molecule has 68 valence electrons. The topological polar surface area (TPSA) is 26.0 Å². The molecule has 0 saturated heterocycles. The largest absolute Gasteiger partial charge is 0.327 e. The van der Waals surface area contributed by atoms with Crippen LogP contribution in [0, 0.1) is 11.3 Å². The third-order valence-electron chi connectivity index (χ3n) is 3.15. The maximum absolute atomic E-state index is 5.96. The smallest absolute Gasteiger partial charge is 0.00668 e. The lowest BCUT2D eigenvalue weighted by molar-refractivity contribution is 0.159. The minimum absolute atomic E-state index is 0.308. The van der Waals surface area contributed by atoms with Crippen LogP contribution in [0.4, 0.5) is 0 Å². The molecular weight excluding hydrogens is 134 g/mol. The van der Waals surface area contributed by atoms with Gasteiger partial charge in [0.15, 0.2) is 0 Å². The van der Waals surface area contributed by atoms with Crippen molar-refractivity contribution in [2.75, 3.05) is 0 Å². The highest BCUT2D eigenvalue weighted by molar-refractivity contribution is 4.84. The van der Waals surface area contributed by atoms with E-state index in [0.29, 0.717) is 17.4 Å².